The highest BCUT2D eigenvalue weighted by atomic mass is 32.2. The Labute approximate surface area is 117 Å². The van der Waals surface area contributed by atoms with Gasteiger partial charge in [-0.05, 0) is 31.2 Å². The first-order valence-electron chi connectivity index (χ1n) is 5.37. The molecule has 0 aliphatic rings. The highest BCUT2D eigenvalue weighted by molar-refractivity contribution is 8.01. The second kappa shape index (κ2) is 5.68. The van der Waals surface area contributed by atoms with E-state index in [1.165, 1.54) is 41.3 Å². The molecule has 4 nitrogen and oxygen atoms in total. The molecule has 0 spiro atoms. The van der Waals surface area contributed by atoms with Crippen molar-refractivity contribution < 1.29 is 14.4 Å². The van der Waals surface area contributed by atoms with Crippen molar-refractivity contribution in [2.24, 2.45) is 0 Å². The predicted octanol–water partition coefficient (Wildman–Crippen LogP) is 4.00. The average molecular weight is 299 g/mol. The maximum absolute atomic E-state index is 12.8. The molecule has 0 saturated heterocycles. The average Bonchev–Trinajstić information content (AvgIpc) is 2.76. The van der Waals surface area contributed by atoms with Crippen LogP contribution in [0.5, 0.6) is 0 Å². The van der Waals surface area contributed by atoms with E-state index in [0.717, 1.165) is 0 Å². The lowest BCUT2D eigenvalue weighted by molar-refractivity contribution is -0.387. The van der Waals surface area contributed by atoms with Gasteiger partial charge < -0.3 is 5.11 Å². The van der Waals surface area contributed by atoms with Crippen molar-refractivity contribution in [1.82, 2.24) is 0 Å². The van der Waals surface area contributed by atoms with E-state index in [-0.39, 0.29) is 11.5 Å². The zero-order valence-electron chi connectivity index (χ0n) is 9.87. The Hall–Kier alpha value is -1.44. The van der Waals surface area contributed by atoms with Gasteiger partial charge in [0.2, 0.25) is 0 Å². The maximum Gasteiger partial charge on any atom is 0.294 e. The number of nitrogens with zero attached hydrogens (tertiary/aromatic N) is 1. The molecule has 0 fully saturated rings. The Balaban J connectivity index is 2.33. The Bertz CT molecular complexity index is 596. The fourth-order valence-corrected chi connectivity index (χ4v) is 3.66. The molecule has 0 amide bonds. The lowest BCUT2D eigenvalue weighted by Gasteiger charge is -1.99. The van der Waals surface area contributed by atoms with Crippen molar-refractivity contribution in [3.63, 3.8) is 0 Å². The van der Waals surface area contributed by atoms with Gasteiger partial charge in [-0.15, -0.1) is 11.3 Å². The summed E-state index contributed by atoms with van der Waals surface area (Å²) in [6.45, 7) is 1.56. The number of halogens is 1. The summed E-state index contributed by atoms with van der Waals surface area (Å²) in [6, 6.07) is 7.10. The minimum Gasteiger partial charge on any atom is -0.388 e. The number of nitro groups is 1. The Morgan fingerprint density at radius 3 is 2.58 bits per heavy atom. The van der Waals surface area contributed by atoms with Crippen LogP contribution >= 0.6 is 23.1 Å². The van der Waals surface area contributed by atoms with Gasteiger partial charge in [0, 0.05) is 15.8 Å². The van der Waals surface area contributed by atoms with E-state index in [0.29, 0.717) is 14.0 Å². The Morgan fingerprint density at radius 1 is 1.42 bits per heavy atom. The monoisotopic (exact) mass is 299 g/mol. The van der Waals surface area contributed by atoms with E-state index in [1.807, 2.05) is 0 Å². The third kappa shape index (κ3) is 3.31. The molecule has 2 aromatic rings. The lowest BCUT2D eigenvalue weighted by Crippen LogP contribution is -1.87. The molecule has 1 heterocycles. The zero-order valence-corrected chi connectivity index (χ0v) is 11.5. The predicted molar refractivity (Wildman–Crippen MR) is 72.1 cm³/mol. The number of rotatable bonds is 4. The third-order valence-corrected chi connectivity index (χ3v) is 4.82. The number of benzene rings is 1. The van der Waals surface area contributed by atoms with Gasteiger partial charge in [0.15, 0.2) is 0 Å². The first kappa shape index (κ1) is 14.0. The highest BCUT2D eigenvalue weighted by Crippen LogP contribution is 2.42. The van der Waals surface area contributed by atoms with Crippen LogP contribution in [0.3, 0.4) is 0 Å². The SMILES string of the molecule is C[C@H](O)c1cc([N+](=O)[O-])c(Sc2ccc(F)cc2)s1. The number of thiophene rings is 1. The van der Waals surface area contributed by atoms with Gasteiger partial charge in [-0.2, -0.15) is 0 Å². The molecule has 1 N–H and O–H groups in total. The number of aliphatic hydroxyl groups is 1. The molecule has 0 radical (unpaired) electrons. The van der Waals surface area contributed by atoms with Crippen molar-refractivity contribution in [2.45, 2.75) is 22.1 Å². The molecule has 1 aromatic carbocycles. The summed E-state index contributed by atoms with van der Waals surface area (Å²) in [6.07, 6.45) is -0.744. The molecule has 1 aromatic heterocycles. The normalized spacial score (nSPS) is 12.4. The van der Waals surface area contributed by atoms with Gasteiger partial charge in [0.05, 0.1) is 11.0 Å². The molecule has 0 bridgehead atoms. The molecule has 1 atom stereocenters. The topological polar surface area (TPSA) is 63.4 Å². The molecule has 0 aliphatic heterocycles. The van der Waals surface area contributed by atoms with Crippen molar-refractivity contribution >= 4 is 28.8 Å². The van der Waals surface area contributed by atoms with Crippen LogP contribution in [0.4, 0.5) is 10.1 Å². The van der Waals surface area contributed by atoms with Gasteiger partial charge >= 0.3 is 0 Å². The fourth-order valence-electron chi connectivity index (χ4n) is 1.40. The van der Waals surface area contributed by atoms with Crippen molar-refractivity contribution in [3.8, 4) is 0 Å². The summed E-state index contributed by atoms with van der Waals surface area (Å²) in [7, 11) is 0. The van der Waals surface area contributed by atoms with Crippen LogP contribution in [0.15, 0.2) is 39.4 Å². The van der Waals surface area contributed by atoms with Gasteiger partial charge in [-0.3, -0.25) is 10.1 Å². The third-order valence-electron chi connectivity index (χ3n) is 2.33. The standard InChI is InChI=1S/C12H10FNO3S2/c1-7(15)11-6-10(14(16)17)12(19-11)18-9-4-2-8(13)3-5-9/h2-7,15H,1H3/t7-/m0/s1. The minimum absolute atomic E-state index is 0.0322. The zero-order chi connectivity index (χ0) is 14.0. The van der Waals surface area contributed by atoms with E-state index >= 15 is 0 Å². The van der Waals surface area contributed by atoms with Crippen LogP contribution in [0.1, 0.15) is 17.9 Å². The second-order valence-electron chi connectivity index (χ2n) is 3.81. The van der Waals surface area contributed by atoms with Crippen LogP contribution in [0.25, 0.3) is 0 Å². The molecule has 19 heavy (non-hydrogen) atoms. The summed E-state index contributed by atoms with van der Waals surface area (Å²) in [5, 5.41) is 20.4. The van der Waals surface area contributed by atoms with E-state index in [1.54, 1.807) is 19.1 Å². The smallest absolute Gasteiger partial charge is 0.294 e. The van der Waals surface area contributed by atoms with Crippen LogP contribution in [0, 0.1) is 15.9 Å². The van der Waals surface area contributed by atoms with Gasteiger partial charge in [-0.25, -0.2) is 4.39 Å². The molecular formula is C12H10FNO3S2. The molecule has 0 unspecified atom stereocenters. The summed E-state index contributed by atoms with van der Waals surface area (Å²) in [5.41, 5.74) is -0.0322. The molecule has 7 heteroatoms. The van der Waals surface area contributed by atoms with Crippen LogP contribution in [-0.2, 0) is 0 Å². The van der Waals surface area contributed by atoms with Crippen molar-refractivity contribution in [1.29, 1.82) is 0 Å². The summed E-state index contributed by atoms with van der Waals surface area (Å²) in [4.78, 5) is 11.7. The molecular weight excluding hydrogens is 289 g/mol. The lowest BCUT2D eigenvalue weighted by atomic mass is 10.3. The van der Waals surface area contributed by atoms with Crippen LogP contribution in [-0.4, -0.2) is 10.0 Å². The van der Waals surface area contributed by atoms with Crippen LogP contribution < -0.4 is 0 Å². The largest absolute Gasteiger partial charge is 0.388 e. The van der Waals surface area contributed by atoms with Gasteiger partial charge in [0.25, 0.3) is 5.69 Å². The summed E-state index contributed by atoms with van der Waals surface area (Å²) in [5.74, 6) is -0.352. The number of aliphatic hydroxyl groups excluding tert-OH is 1. The summed E-state index contributed by atoms with van der Waals surface area (Å²) >= 11 is 2.36. The quantitative estimate of drug-likeness (QED) is 0.684. The Morgan fingerprint density at radius 2 is 2.05 bits per heavy atom. The fraction of sp³-hybridized carbons (Fsp3) is 0.167. The molecule has 100 valence electrons. The van der Waals surface area contributed by atoms with Crippen molar-refractivity contribution in [2.75, 3.05) is 0 Å². The van der Waals surface area contributed by atoms with E-state index in [9.17, 15) is 19.6 Å². The Kier molecular flexibility index (Phi) is 4.18. The highest BCUT2D eigenvalue weighted by Gasteiger charge is 2.21. The van der Waals surface area contributed by atoms with Gasteiger partial charge in [0.1, 0.15) is 10.0 Å². The first-order valence-corrected chi connectivity index (χ1v) is 7.00. The first-order chi connectivity index (χ1) is 8.97. The second-order valence-corrected chi connectivity index (χ2v) is 6.24. The minimum atomic E-state index is -0.744. The number of hydrogen-bond acceptors (Lipinski definition) is 5. The van der Waals surface area contributed by atoms with E-state index < -0.39 is 11.0 Å². The van der Waals surface area contributed by atoms with E-state index in [4.69, 9.17) is 0 Å². The van der Waals surface area contributed by atoms with Gasteiger partial charge in [-0.1, -0.05) is 11.8 Å². The van der Waals surface area contributed by atoms with Crippen LogP contribution in [0.2, 0.25) is 0 Å². The molecule has 0 saturated carbocycles. The molecule has 0 aliphatic carbocycles. The van der Waals surface area contributed by atoms with Crippen molar-refractivity contribution in [3.05, 3.63) is 51.1 Å². The summed E-state index contributed by atoms with van der Waals surface area (Å²) < 4.78 is 13.3. The van der Waals surface area contributed by atoms with E-state index in [2.05, 4.69) is 0 Å². The molecule has 2 rings (SSSR count). The number of hydrogen-bond donors (Lipinski definition) is 1. The maximum atomic E-state index is 12.8.